The highest BCUT2D eigenvalue weighted by molar-refractivity contribution is 7.19. The van der Waals surface area contributed by atoms with Gasteiger partial charge in [0, 0.05) is 23.9 Å². The van der Waals surface area contributed by atoms with Crippen molar-refractivity contribution in [2.45, 2.75) is 19.8 Å². The van der Waals surface area contributed by atoms with Gasteiger partial charge in [0.05, 0.1) is 0 Å². The van der Waals surface area contributed by atoms with Crippen molar-refractivity contribution in [2.24, 2.45) is 5.92 Å². The van der Waals surface area contributed by atoms with Crippen LogP contribution in [0.15, 0.2) is 37.2 Å². The molecule has 0 fully saturated rings. The number of alkyl halides is 2. The molecule has 2 heterocycles. The molecule has 0 saturated carbocycles. The van der Waals surface area contributed by atoms with Gasteiger partial charge in [-0.3, -0.25) is 9.78 Å². The molecule has 0 unspecified atom stereocenters. The Morgan fingerprint density at radius 2 is 2.23 bits per heavy atom. The summed E-state index contributed by atoms with van der Waals surface area (Å²) in [7, 11) is 0. The minimum atomic E-state index is -3.32. The molecule has 2 aromatic heterocycles. The summed E-state index contributed by atoms with van der Waals surface area (Å²) in [4.78, 5) is 19.7. The van der Waals surface area contributed by atoms with Crippen LogP contribution >= 0.6 is 11.3 Å². The third-order valence-electron chi connectivity index (χ3n) is 2.87. The van der Waals surface area contributed by atoms with Gasteiger partial charge >= 0.3 is 5.92 Å². The normalized spacial score (nSPS) is 11.5. The highest BCUT2D eigenvalue weighted by Gasteiger charge is 2.35. The van der Waals surface area contributed by atoms with E-state index in [1.807, 2.05) is 0 Å². The van der Waals surface area contributed by atoms with Crippen molar-refractivity contribution in [3.8, 4) is 10.6 Å². The van der Waals surface area contributed by atoms with Crippen molar-refractivity contribution in [3.63, 3.8) is 0 Å². The Morgan fingerprint density at radius 1 is 1.50 bits per heavy atom. The summed E-state index contributed by atoms with van der Waals surface area (Å²) >= 11 is 0.990. The number of hydrogen-bond donors (Lipinski definition) is 1. The first-order valence-electron chi connectivity index (χ1n) is 6.59. The van der Waals surface area contributed by atoms with Crippen molar-refractivity contribution in [3.05, 3.63) is 42.9 Å². The van der Waals surface area contributed by atoms with Crippen molar-refractivity contribution < 1.29 is 13.6 Å². The second kappa shape index (κ2) is 6.31. The first kappa shape index (κ1) is 16.2. The van der Waals surface area contributed by atoms with Gasteiger partial charge in [-0.2, -0.15) is 8.78 Å². The number of hydrogen-bond acceptors (Lipinski definition) is 4. The van der Waals surface area contributed by atoms with E-state index in [1.165, 1.54) is 6.20 Å². The molecule has 0 saturated heterocycles. The molecule has 0 aliphatic heterocycles. The van der Waals surface area contributed by atoms with Gasteiger partial charge in [-0.15, -0.1) is 0 Å². The molecule has 116 valence electrons. The van der Waals surface area contributed by atoms with E-state index in [0.29, 0.717) is 16.6 Å². The number of nitrogens with zero attached hydrogens (tertiary/aromatic N) is 2. The maximum absolute atomic E-state index is 14.0. The van der Waals surface area contributed by atoms with Gasteiger partial charge in [-0.05, 0) is 18.2 Å². The average molecular weight is 323 g/mol. The minimum Gasteiger partial charge on any atom is -0.316 e. The van der Waals surface area contributed by atoms with E-state index in [4.69, 9.17) is 0 Å². The van der Waals surface area contributed by atoms with Crippen LogP contribution in [0.2, 0.25) is 0 Å². The van der Waals surface area contributed by atoms with Crippen LogP contribution in [0, 0.1) is 5.92 Å². The molecule has 0 radical (unpaired) electrons. The zero-order valence-electron chi connectivity index (χ0n) is 12.1. The van der Waals surface area contributed by atoms with Crippen LogP contribution in [0.5, 0.6) is 0 Å². The molecule has 2 aromatic rings. The fourth-order valence-electron chi connectivity index (χ4n) is 1.60. The summed E-state index contributed by atoms with van der Waals surface area (Å²) in [6.07, 6.45) is 3.63. The molecular weight excluding hydrogens is 308 g/mol. The van der Waals surface area contributed by atoms with E-state index in [1.54, 1.807) is 32.2 Å². The monoisotopic (exact) mass is 323 g/mol. The highest BCUT2D eigenvalue weighted by Crippen LogP contribution is 2.40. The van der Waals surface area contributed by atoms with E-state index >= 15 is 0 Å². The molecule has 1 N–H and O–H groups in total. The van der Waals surface area contributed by atoms with Crippen LogP contribution < -0.4 is 5.32 Å². The Bertz CT molecular complexity index is 683. The fourth-order valence-corrected chi connectivity index (χ4v) is 2.60. The average Bonchev–Trinajstić information content (AvgIpc) is 2.92. The maximum Gasteiger partial charge on any atom is 0.310 e. The first-order valence-corrected chi connectivity index (χ1v) is 7.40. The van der Waals surface area contributed by atoms with Crippen molar-refractivity contribution in [2.75, 3.05) is 5.32 Å². The fraction of sp³-hybridized carbons (Fsp3) is 0.267. The molecule has 0 atom stereocenters. The molecular formula is C15H15F2N3OS. The number of carbonyl (C=O) groups is 1. The van der Waals surface area contributed by atoms with Gasteiger partial charge in [0.2, 0.25) is 5.91 Å². The smallest absolute Gasteiger partial charge is 0.310 e. The molecule has 0 aromatic carbocycles. The molecule has 0 aliphatic carbocycles. The summed E-state index contributed by atoms with van der Waals surface area (Å²) < 4.78 is 28.0. The quantitative estimate of drug-likeness (QED) is 0.844. The van der Waals surface area contributed by atoms with Gasteiger partial charge in [0.15, 0.2) is 0 Å². The van der Waals surface area contributed by atoms with Crippen LogP contribution in [0.1, 0.15) is 19.5 Å². The lowest BCUT2D eigenvalue weighted by molar-refractivity contribution is -0.118. The van der Waals surface area contributed by atoms with Crippen molar-refractivity contribution in [1.29, 1.82) is 0 Å². The van der Waals surface area contributed by atoms with Crippen LogP contribution in [-0.4, -0.2) is 15.9 Å². The largest absolute Gasteiger partial charge is 0.316 e. The molecule has 0 bridgehead atoms. The summed E-state index contributed by atoms with van der Waals surface area (Å²) in [6.45, 7) is 6.50. The summed E-state index contributed by atoms with van der Waals surface area (Å²) in [5.41, 5.74) is 0.110. The zero-order chi connectivity index (χ0) is 16.3. The lowest BCUT2D eigenvalue weighted by Gasteiger charge is -2.12. The van der Waals surface area contributed by atoms with E-state index in [9.17, 15) is 13.6 Å². The van der Waals surface area contributed by atoms with Crippen LogP contribution in [-0.2, 0) is 10.7 Å². The minimum absolute atomic E-state index is 0.0300. The van der Waals surface area contributed by atoms with Crippen LogP contribution in [0.4, 0.5) is 13.8 Å². The number of amides is 1. The SMILES string of the molecule is C=CC(F)(F)c1nc(-c2cccnc2)sc1NC(=O)C(C)C. The van der Waals surface area contributed by atoms with Gasteiger partial charge in [-0.25, -0.2) is 4.98 Å². The highest BCUT2D eigenvalue weighted by atomic mass is 32.1. The van der Waals surface area contributed by atoms with Crippen LogP contribution in [0.25, 0.3) is 10.6 Å². The number of anilines is 1. The van der Waals surface area contributed by atoms with Gasteiger partial charge in [0.1, 0.15) is 15.7 Å². The molecule has 2 rings (SSSR count). The number of aromatic nitrogens is 2. The molecule has 0 spiro atoms. The van der Waals surface area contributed by atoms with Gasteiger partial charge in [-0.1, -0.05) is 31.8 Å². The Kier molecular flexibility index (Phi) is 4.65. The Morgan fingerprint density at radius 3 is 2.77 bits per heavy atom. The molecule has 22 heavy (non-hydrogen) atoms. The topological polar surface area (TPSA) is 54.9 Å². The predicted octanol–water partition coefficient (Wildman–Crippen LogP) is 4.08. The Labute approximate surface area is 130 Å². The van der Waals surface area contributed by atoms with Crippen LogP contribution in [0.3, 0.4) is 0 Å². The number of nitrogens with one attached hydrogen (secondary N) is 1. The van der Waals surface area contributed by atoms with E-state index in [2.05, 4.69) is 21.9 Å². The van der Waals surface area contributed by atoms with E-state index in [-0.39, 0.29) is 16.8 Å². The standard InChI is InChI=1S/C15H15F2N3OS/c1-4-15(16,17)11-14(20-12(21)9(2)3)22-13(19-11)10-6-5-7-18-8-10/h4-9H,1H2,2-3H3,(H,20,21). The Balaban J connectivity index is 2.48. The maximum atomic E-state index is 14.0. The lowest BCUT2D eigenvalue weighted by atomic mass is 10.2. The van der Waals surface area contributed by atoms with Crippen molar-refractivity contribution >= 4 is 22.2 Å². The van der Waals surface area contributed by atoms with Gasteiger partial charge < -0.3 is 5.32 Å². The van der Waals surface area contributed by atoms with E-state index in [0.717, 1.165) is 11.3 Å². The molecule has 1 amide bonds. The summed E-state index contributed by atoms with van der Waals surface area (Å²) in [6, 6.07) is 3.41. The summed E-state index contributed by atoms with van der Waals surface area (Å²) in [5, 5.41) is 2.90. The molecule has 0 aliphatic rings. The van der Waals surface area contributed by atoms with E-state index < -0.39 is 11.6 Å². The molecule has 4 nitrogen and oxygen atoms in total. The first-order chi connectivity index (χ1) is 10.3. The second-order valence-electron chi connectivity index (χ2n) is 4.91. The van der Waals surface area contributed by atoms with Crippen molar-refractivity contribution in [1.82, 2.24) is 9.97 Å². The third kappa shape index (κ3) is 3.36. The third-order valence-corrected chi connectivity index (χ3v) is 3.89. The summed E-state index contributed by atoms with van der Waals surface area (Å²) in [5.74, 6) is -3.99. The number of allylic oxidation sites excluding steroid dienone is 1. The predicted molar refractivity (Wildman–Crippen MR) is 82.9 cm³/mol. The number of pyridine rings is 1. The number of rotatable bonds is 5. The number of thiazole rings is 1. The molecule has 7 heteroatoms. The van der Waals surface area contributed by atoms with Gasteiger partial charge in [0.25, 0.3) is 0 Å². The Hall–Kier alpha value is -2.15. The second-order valence-corrected chi connectivity index (χ2v) is 5.91. The zero-order valence-corrected chi connectivity index (χ0v) is 13.0. The lowest BCUT2D eigenvalue weighted by Crippen LogP contribution is -2.20. The number of halogens is 2. The number of carbonyl (C=O) groups excluding carboxylic acids is 1.